The molecule has 7 heteroatoms. The van der Waals surface area contributed by atoms with Gasteiger partial charge in [-0.15, -0.1) is 0 Å². The molecule has 150 valence electrons. The quantitative estimate of drug-likeness (QED) is 0.839. The van der Waals surface area contributed by atoms with E-state index in [1.54, 1.807) is 42.0 Å². The number of allylic oxidation sites excluding steroid dienone is 2. The van der Waals surface area contributed by atoms with Gasteiger partial charge in [-0.1, -0.05) is 0 Å². The summed E-state index contributed by atoms with van der Waals surface area (Å²) in [7, 11) is 0. The molecule has 29 heavy (non-hydrogen) atoms. The summed E-state index contributed by atoms with van der Waals surface area (Å²) in [5.41, 5.74) is 2.46. The summed E-state index contributed by atoms with van der Waals surface area (Å²) in [5.74, 6) is -0.0921. The van der Waals surface area contributed by atoms with Gasteiger partial charge in [0.25, 0.3) is 11.8 Å². The maximum atomic E-state index is 13.2. The SMILES string of the molecule is CC(=O)N1c2ccc(NC(=O)[C@]3(C)CC(=O)N=C4C=C(C)C=CN43)cc2C[C@@H]1C. The fourth-order valence-electron chi connectivity index (χ4n) is 4.28. The van der Waals surface area contributed by atoms with Crippen molar-refractivity contribution in [1.29, 1.82) is 0 Å². The highest BCUT2D eigenvalue weighted by molar-refractivity contribution is 6.12. The summed E-state index contributed by atoms with van der Waals surface area (Å²) >= 11 is 0. The molecule has 1 N–H and O–H groups in total. The van der Waals surface area contributed by atoms with E-state index in [9.17, 15) is 14.4 Å². The van der Waals surface area contributed by atoms with E-state index < -0.39 is 5.54 Å². The molecule has 0 saturated heterocycles. The molecule has 7 nitrogen and oxygen atoms in total. The number of fused-ring (bicyclic) bond motifs is 2. The second kappa shape index (κ2) is 6.69. The standard InChI is InChI=1S/C22H24N4O3/c1-13-7-8-25-19(9-13)24-20(28)12-22(25,4)21(29)23-17-5-6-18-16(11-17)10-14(2)26(18)15(3)27/h5-9,11,14H,10,12H2,1-4H3,(H,23,29)/t14-,22-/m0/s1. The Morgan fingerprint density at radius 2 is 2.07 bits per heavy atom. The first-order valence-corrected chi connectivity index (χ1v) is 9.70. The molecule has 0 bridgehead atoms. The Balaban J connectivity index is 1.60. The van der Waals surface area contributed by atoms with Crippen molar-refractivity contribution in [1.82, 2.24) is 4.90 Å². The van der Waals surface area contributed by atoms with Gasteiger partial charge < -0.3 is 15.1 Å². The summed E-state index contributed by atoms with van der Waals surface area (Å²) in [4.78, 5) is 45.0. The van der Waals surface area contributed by atoms with E-state index in [2.05, 4.69) is 10.3 Å². The second-order valence-electron chi connectivity index (χ2n) is 8.13. The van der Waals surface area contributed by atoms with Crippen LogP contribution in [0, 0.1) is 0 Å². The van der Waals surface area contributed by atoms with E-state index in [0.717, 1.165) is 23.2 Å². The van der Waals surface area contributed by atoms with Gasteiger partial charge in [0, 0.05) is 30.5 Å². The van der Waals surface area contributed by atoms with Crippen LogP contribution in [0.3, 0.4) is 0 Å². The molecule has 0 saturated carbocycles. The fraction of sp³-hybridized carbons (Fsp3) is 0.364. The molecule has 3 aliphatic heterocycles. The number of benzene rings is 1. The van der Waals surface area contributed by atoms with E-state index in [-0.39, 0.29) is 30.2 Å². The number of hydrogen-bond acceptors (Lipinski definition) is 4. The molecule has 0 spiro atoms. The van der Waals surface area contributed by atoms with Crippen LogP contribution >= 0.6 is 0 Å². The van der Waals surface area contributed by atoms with Crippen LogP contribution in [0.4, 0.5) is 11.4 Å². The van der Waals surface area contributed by atoms with Crippen LogP contribution in [0.1, 0.15) is 39.7 Å². The summed E-state index contributed by atoms with van der Waals surface area (Å²) in [5, 5.41) is 2.96. The molecule has 0 radical (unpaired) electrons. The van der Waals surface area contributed by atoms with Gasteiger partial charge in [0.1, 0.15) is 11.4 Å². The van der Waals surface area contributed by atoms with Crippen LogP contribution < -0.4 is 10.2 Å². The van der Waals surface area contributed by atoms with Gasteiger partial charge in [0.2, 0.25) is 5.91 Å². The summed E-state index contributed by atoms with van der Waals surface area (Å²) in [6.07, 6.45) is 6.24. The van der Waals surface area contributed by atoms with Crippen molar-refractivity contribution in [3.63, 3.8) is 0 Å². The molecule has 1 aromatic carbocycles. The van der Waals surface area contributed by atoms with Crippen LogP contribution in [-0.2, 0) is 20.8 Å². The summed E-state index contributed by atoms with van der Waals surface area (Å²) in [6.45, 7) is 7.24. The Kier molecular flexibility index (Phi) is 4.41. The number of nitrogens with zero attached hydrogens (tertiary/aromatic N) is 3. The molecule has 3 heterocycles. The van der Waals surface area contributed by atoms with Crippen molar-refractivity contribution in [2.75, 3.05) is 10.2 Å². The van der Waals surface area contributed by atoms with Gasteiger partial charge in [-0.25, -0.2) is 0 Å². The number of carbonyl (C=O) groups excluding carboxylic acids is 3. The average Bonchev–Trinajstić information content (AvgIpc) is 2.96. The van der Waals surface area contributed by atoms with Crippen LogP contribution in [0.2, 0.25) is 0 Å². The van der Waals surface area contributed by atoms with Gasteiger partial charge >= 0.3 is 0 Å². The van der Waals surface area contributed by atoms with E-state index in [4.69, 9.17) is 0 Å². The molecule has 0 aliphatic carbocycles. The van der Waals surface area contributed by atoms with E-state index >= 15 is 0 Å². The molecular weight excluding hydrogens is 368 g/mol. The van der Waals surface area contributed by atoms with Crippen molar-refractivity contribution >= 4 is 34.9 Å². The molecule has 3 aliphatic rings. The molecule has 2 atom stereocenters. The number of carbonyl (C=O) groups is 3. The lowest BCUT2D eigenvalue weighted by atomic mass is 9.90. The van der Waals surface area contributed by atoms with E-state index in [0.29, 0.717) is 11.5 Å². The smallest absolute Gasteiger partial charge is 0.250 e. The Labute approximate surface area is 169 Å². The molecule has 4 rings (SSSR count). The monoisotopic (exact) mass is 392 g/mol. The largest absolute Gasteiger partial charge is 0.324 e. The Morgan fingerprint density at radius 3 is 2.79 bits per heavy atom. The third-order valence-electron chi connectivity index (χ3n) is 5.74. The van der Waals surface area contributed by atoms with Crippen LogP contribution in [0.25, 0.3) is 0 Å². The zero-order valence-electron chi connectivity index (χ0n) is 17.0. The van der Waals surface area contributed by atoms with Crippen molar-refractivity contribution in [2.45, 2.75) is 52.1 Å². The van der Waals surface area contributed by atoms with E-state index in [1.807, 2.05) is 32.1 Å². The Bertz CT molecular complexity index is 1020. The lowest BCUT2D eigenvalue weighted by molar-refractivity contribution is -0.130. The number of amidine groups is 1. The van der Waals surface area contributed by atoms with E-state index in [1.165, 1.54) is 0 Å². The zero-order chi connectivity index (χ0) is 20.9. The molecule has 0 unspecified atom stereocenters. The number of anilines is 2. The lowest BCUT2D eigenvalue weighted by Crippen LogP contribution is -2.58. The van der Waals surface area contributed by atoms with Crippen LogP contribution in [0.5, 0.6) is 0 Å². The van der Waals surface area contributed by atoms with Gasteiger partial charge in [-0.3, -0.25) is 14.4 Å². The third-order valence-corrected chi connectivity index (χ3v) is 5.74. The number of rotatable bonds is 2. The highest BCUT2D eigenvalue weighted by Gasteiger charge is 2.45. The minimum Gasteiger partial charge on any atom is -0.324 e. The van der Waals surface area contributed by atoms with Crippen molar-refractivity contribution in [3.05, 3.63) is 47.7 Å². The maximum Gasteiger partial charge on any atom is 0.250 e. The predicted molar refractivity (Wildman–Crippen MR) is 112 cm³/mol. The number of hydrogen-bond donors (Lipinski definition) is 1. The number of aliphatic imine (C=N–C) groups is 1. The number of amides is 3. The van der Waals surface area contributed by atoms with Gasteiger partial charge in [0.05, 0.1) is 6.42 Å². The molecule has 3 amide bonds. The predicted octanol–water partition coefficient (Wildman–Crippen LogP) is 2.79. The second-order valence-corrected chi connectivity index (χ2v) is 8.13. The minimum absolute atomic E-state index is 0.000347. The fourth-order valence-corrected chi connectivity index (χ4v) is 4.28. The van der Waals surface area contributed by atoms with Crippen LogP contribution in [0.15, 0.2) is 47.1 Å². The zero-order valence-corrected chi connectivity index (χ0v) is 17.0. The van der Waals surface area contributed by atoms with Crippen molar-refractivity contribution < 1.29 is 14.4 Å². The normalized spacial score (nSPS) is 25.2. The topological polar surface area (TPSA) is 82.1 Å². The molecular formula is C22H24N4O3. The van der Waals surface area contributed by atoms with Crippen LogP contribution in [-0.4, -0.2) is 40.0 Å². The minimum atomic E-state index is -1.07. The van der Waals surface area contributed by atoms with Gasteiger partial charge in [-0.2, -0.15) is 4.99 Å². The highest BCUT2D eigenvalue weighted by atomic mass is 16.2. The first-order valence-electron chi connectivity index (χ1n) is 9.70. The van der Waals surface area contributed by atoms with Gasteiger partial charge in [0.15, 0.2) is 0 Å². The molecule has 0 aromatic heterocycles. The third kappa shape index (κ3) is 3.16. The maximum absolute atomic E-state index is 13.2. The summed E-state index contributed by atoms with van der Waals surface area (Å²) < 4.78 is 0. The first-order chi connectivity index (χ1) is 13.7. The number of nitrogens with one attached hydrogen (secondary N) is 1. The van der Waals surface area contributed by atoms with Crippen molar-refractivity contribution in [3.8, 4) is 0 Å². The summed E-state index contributed by atoms with van der Waals surface area (Å²) in [6, 6.07) is 5.66. The van der Waals surface area contributed by atoms with Crippen molar-refractivity contribution in [2.24, 2.45) is 4.99 Å². The Hall–Kier alpha value is -3.22. The average molecular weight is 392 g/mol. The molecule has 0 fully saturated rings. The van der Waals surface area contributed by atoms with Gasteiger partial charge in [-0.05, 0) is 68.7 Å². The Morgan fingerprint density at radius 1 is 1.31 bits per heavy atom. The first kappa shape index (κ1) is 19.1. The lowest BCUT2D eigenvalue weighted by Gasteiger charge is -2.42. The highest BCUT2D eigenvalue weighted by Crippen LogP contribution is 2.35. The molecule has 1 aromatic rings.